The van der Waals surface area contributed by atoms with Crippen LogP contribution in [-0.2, 0) is 9.47 Å². The van der Waals surface area contributed by atoms with E-state index >= 15 is 0 Å². The van der Waals surface area contributed by atoms with Gasteiger partial charge in [0.05, 0.1) is 31.6 Å². The van der Waals surface area contributed by atoms with Crippen molar-refractivity contribution in [2.24, 2.45) is 0 Å². The van der Waals surface area contributed by atoms with Gasteiger partial charge in [0.15, 0.2) is 0 Å². The Bertz CT molecular complexity index is 340. The predicted octanol–water partition coefficient (Wildman–Crippen LogP) is 1.57. The van der Waals surface area contributed by atoms with Gasteiger partial charge in [0, 0.05) is 13.7 Å². The highest BCUT2D eigenvalue weighted by atomic mass is 19.1. The van der Waals surface area contributed by atoms with Gasteiger partial charge in [0.25, 0.3) is 0 Å². The summed E-state index contributed by atoms with van der Waals surface area (Å²) in [6.45, 7) is 3.18. The predicted molar refractivity (Wildman–Crippen MR) is 68.3 cm³/mol. The molecule has 0 saturated carbocycles. The molecule has 0 fully saturated rings. The number of para-hydroxylation sites is 1. The number of benzene rings is 1. The average molecular weight is 257 g/mol. The zero-order valence-corrected chi connectivity index (χ0v) is 10.8. The molecule has 4 nitrogen and oxygen atoms in total. The largest absolute Gasteiger partial charge is 0.389 e. The van der Waals surface area contributed by atoms with Crippen molar-refractivity contribution in [1.29, 1.82) is 0 Å². The van der Waals surface area contributed by atoms with Crippen LogP contribution < -0.4 is 5.32 Å². The smallest absolute Gasteiger partial charge is 0.146 e. The van der Waals surface area contributed by atoms with Gasteiger partial charge >= 0.3 is 0 Å². The Morgan fingerprint density at radius 1 is 1.39 bits per heavy atom. The molecule has 0 aliphatic carbocycles. The maximum atomic E-state index is 13.5. The number of aliphatic hydroxyl groups excluding tert-OH is 1. The van der Waals surface area contributed by atoms with Crippen LogP contribution in [0.2, 0.25) is 0 Å². The van der Waals surface area contributed by atoms with Gasteiger partial charge in [-0.2, -0.15) is 0 Å². The van der Waals surface area contributed by atoms with Gasteiger partial charge < -0.3 is 19.9 Å². The van der Waals surface area contributed by atoms with E-state index in [1.807, 2.05) is 13.0 Å². The fourth-order valence-electron chi connectivity index (χ4n) is 1.50. The van der Waals surface area contributed by atoms with Gasteiger partial charge in [-0.05, 0) is 18.6 Å². The van der Waals surface area contributed by atoms with Gasteiger partial charge in [-0.15, -0.1) is 0 Å². The summed E-state index contributed by atoms with van der Waals surface area (Å²) in [6, 6.07) is 4.85. The van der Waals surface area contributed by atoms with E-state index in [-0.39, 0.29) is 19.0 Å². The molecule has 1 unspecified atom stereocenters. The van der Waals surface area contributed by atoms with Gasteiger partial charge in [-0.25, -0.2) is 4.39 Å². The van der Waals surface area contributed by atoms with E-state index in [0.717, 1.165) is 5.56 Å². The summed E-state index contributed by atoms with van der Waals surface area (Å²) in [4.78, 5) is 0. The van der Waals surface area contributed by atoms with E-state index in [1.54, 1.807) is 13.2 Å². The maximum Gasteiger partial charge on any atom is 0.146 e. The van der Waals surface area contributed by atoms with Crippen LogP contribution in [0.4, 0.5) is 10.1 Å². The zero-order chi connectivity index (χ0) is 13.4. The molecule has 0 aromatic heterocycles. The van der Waals surface area contributed by atoms with E-state index < -0.39 is 6.10 Å². The van der Waals surface area contributed by atoms with E-state index in [0.29, 0.717) is 18.9 Å². The van der Waals surface area contributed by atoms with Crippen LogP contribution in [0.5, 0.6) is 0 Å². The Hall–Kier alpha value is -1.17. The number of hydrogen-bond acceptors (Lipinski definition) is 4. The molecular formula is C13H20FNO3. The molecule has 0 bridgehead atoms. The molecule has 1 aromatic carbocycles. The van der Waals surface area contributed by atoms with Crippen LogP contribution in [0.15, 0.2) is 18.2 Å². The van der Waals surface area contributed by atoms with Crippen molar-refractivity contribution >= 4 is 5.69 Å². The second-order valence-electron chi connectivity index (χ2n) is 4.03. The Morgan fingerprint density at radius 2 is 2.17 bits per heavy atom. The molecule has 1 rings (SSSR count). The lowest BCUT2D eigenvalue weighted by Gasteiger charge is -2.15. The zero-order valence-electron chi connectivity index (χ0n) is 10.8. The van der Waals surface area contributed by atoms with Gasteiger partial charge in [0.1, 0.15) is 5.82 Å². The lowest BCUT2D eigenvalue weighted by Crippen LogP contribution is -2.26. The van der Waals surface area contributed by atoms with Crippen LogP contribution in [-0.4, -0.2) is 44.7 Å². The topological polar surface area (TPSA) is 50.7 Å². The third-order valence-corrected chi connectivity index (χ3v) is 2.48. The molecule has 2 N–H and O–H groups in total. The number of hydrogen-bond donors (Lipinski definition) is 2. The average Bonchev–Trinajstić information content (AvgIpc) is 2.34. The first-order chi connectivity index (χ1) is 8.65. The number of rotatable bonds is 8. The van der Waals surface area contributed by atoms with Crippen molar-refractivity contribution in [3.05, 3.63) is 29.6 Å². The van der Waals surface area contributed by atoms with Gasteiger partial charge in [0.2, 0.25) is 0 Å². The van der Waals surface area contributed by atoms with Crippen molar-refractivity contribution in [2.75, 3.05) is 38.8 Å². The minimum absolute atomic E-state index is 0.198. The number of anilines is 1. The minimum Gasteiger partial charge on any atom is -0.389 e. The molecule has 0 heterocycles. The summed E-state index contributed by atoms with van der Waals surface area (Å²) in [5.41, 5.74) is 1.23. The first kappa shape index (κ1) is 14.9. The Labute approximate surface area is 107 Å². The van der Waals surface area contributed by atoms with Crippen molar-refractivity contribution < 1.29 is 19.0 Å². The lowest BCUT2D eigenvalue weighted by molar-refractivity contribution is 0.0182. The molecule has 0 aliphatic rings. The summed E-state index contributed by atoms with van der Waals surface area (Å²) in [6.07, 6.45) is -0.680. The molecule has 102 valence electrons. The maximum absolute atomic E-state index is 13.5. The molecule has 1 atom stereocenters. The second-order valence-corrected chi connectivity index (χ2v) is 4.03. The molecule has 0 amide bonds. The molecule has 0 aliphatic heterocycles. The summed E-state index contributed by atoms with van der Waals surface area (Å²) in [5.74, 6) is -0.317. The highest BCUT2D eigenvalue weighted by Crippen LogP contribution is 2.18. The van der Waals surface area contributed by atoms with E-state index in [4.69, 9.17) is 9.47 Å². The lowest BCUT2D eigenvalue weighted by atomic mass is 10.2. The molecule has 18 heavy (non-hydrogen) atoms. The molecule has 0 radical (unpaired) electrons. The van der Waals surface area contributed by atoms with Crippen LogP contribution in [0.1, 0.15) is 5.56 Å². The van der Waals surface area contributed by atoms with Crippen LogP contribution >= 0.6 is 0 Å². The molecule has 1 aromatic rings. The normalized spacial score (nSPS) is 12.4. The SMILES string of the molecule is COCCOCC(O)CNc1c(C)cccc1F. The third kappa shape index (κ3) is 5.00. The first-order valence-corrected chi connectivity index (χ1v) is 5.89. The quantitative estimate of drug-likeness (QED) is 0.694. The van der Waals surface area contributed by atoms with Crippen molar-refractivity contribution in [3.63, 3.8) is 0 Å². The number of methoxy groups -OCH3 is 1. The summed E-state index contributed by atoms with van der Waals surface area (Å²) in [7, 11) is 1.59. The number of aryl methyl sites for hydroxylation is 1. The van der Waals surface area contributed by atoms with Crippen molar-refractivity contribution in [3.8, 4) is 0 Å². The van der Waals surface area contributed by atoms with Crippen LogP contribution in [0.25, 0.3) is 0 Å². The monoisotopic (exact) mass is 257 g/mol. The van der Waals surface area contributed by atoms with Crippen molar-refractivity contribution in [2.45, 2.75) is 13.0 Å². The first-order valence-electron chi connectivity index (χ1n) is 5.89. The number of aliphatic hydroxyl groups is 1. The van der Waals surface area contributed by atoms with E-state index in [2.05, 4.69) is 5.32 Å². The van der Waals surface area contributed by atoms with Crippen LogP contribution in [0, 0.1) is 12.7 Å². The molecule has 0 spiro atoms. The fraction of sp³-hybridized carbons (Fsp3) is 0.538. The molecule has 5 heteroatoms. The Balaban J connectivity index is 2.31. The molecule has 0 saturated heterocycles. The van der Waals surface area contributed by atoms with E-state index in [1.165, 1.54) is 6.07 Å². The highest BCUT2D eigenvalue weighted by Gasteiger charge is 2.08. The molecular weight excluding hydrogens is 237 g/mol. The standard InChI is InChI=1S/C13H20FNO3/c1-10-4-3-5-12(14)13(10)15-8-11(16)9-18-7-6-17-2/h3-5,11,15-16H,6-9H2,1-2H3. The number of nitrogens with one attached hydrogen (secondary N) is 1. The van der Waals surface area contributed by atoms with Gasteiger partial charge in [-0.3, -0.25) is 0 Å². The van der Waals surface area contributed by atoms with Crippen molar-refractivity contribution in [1.82, 2.24) is 0 Å². The summed E-state index contributed by atoms with van der Waals surface area (Å²) < 4.78 is 23.4. The number of ether oxygens (including phenoxy) is 2. The Kier molecular flexibility index (Phi) is 6.64. The minimum atomic E-state index is -0.680. The number of halogens is 1. The summed E-state index contributed by atoms with van der Waals surface area (Å²) in [5, 5.41) is 12.5. The van der Waals surface area contributed by atoms with E-state index in [9.17, 15) is 9.50 Å². The third-order valence-electron chi connectivity index (χ3n) is 2.48. The highest BCUT2D eigenvalue weighted by molar-refractivity contribution is 5.51. The fourth-order valence-corrected chi connectivity index (χ4v) is 1.50. The van der Waals surface area contributed by atoms with Crippen LogP contribution in [0.3, 0.4) is 0 Å². The Morgan fingerprint density at radius 3 is 2.83 bits per heavy atom. The van der Waals surface area contributed by atoms with Gasteiger partial charge in [-0.1, -0.05) is 12.1 Å². The summed E-state index contributed by atoms with van der Waals surface area (Å²) >= 11 is 0. The second kappa shape index (κ2) is 8.02.